The van der Waals surface area contributed by atoms with Gasteiger partial charge in [-0.3, -0.25) is 10.1 Å². The summed E-state index contributed by atoms with van der Waals surface area (Å²) in [5.74, 6) is 0.160. The third-order valence-corrected chi connectivity index (χ3v) is 1.37. The monoisotopic (exact) mass is 251 g/mol. The van der Waals surface area contributed by atoms with Crippen LogP contribution in [0.25, 0.3) is 0 Å². The number of ether oxygens (including phenoxy) is 1. The summed E-state index contributed by atoms with van der Waals surface area (Å²) in [6.45, 7) is 3.06. The first-order valence-electron chi connectivity index (χ1n) is 4.37. The molecular weight excluding hydrogens is 237 g/mol. The van der Waals surface area contributed by atoms with Crippen LogP contribution in [0.3, 0.4) is 0 Å². The van der Waals surface area contributed by atoms with Gasteiger partial charge in [-0.2, -0.15) is 0 Å². The van der Waals surface area contributed by atoms with E-state index in [4.69, 9.17) is 9.84 Å². The van der Waals surface area contributed by atoms with Crippen LogP contribution >= 0.6 is 0 Å². The van der Waals surface area contributed by atoms with Crippen LogP contribution in [0, 0.1) is 10.1 Å². The maximum absolute atomic E-state index is 10.2. The van der Waals surface area contributed by atoms with Crippen molar-refractivity contribution in [2.75, 3.05) is 7.11 Å². The molecular formula is C10H14NNaO5. The van der Waals surface area contributed by atoms with Crippen molar-refractivity contribution in [1.29, 1.82) is 0 Å². The molecule has 6 nitrogen and oxygen atoms in total. The SMILES string of the molecule is CC(C)=O.COc1ccc([N+](=O)[O-])cc1O.[NaH]. The van der Waals surface area contributed by atoms with Crippen LogP contribution in [-0.2, 0) is 4.79 Å². The number of benzene rings is 1. The minimum atomic E-state index is -0.584. The molecule has 0 spiro atoms. The molecule has 0 aliphatic carbocycles. The van der Waals surface area contributed by atoms with Crippen LogP contribution in [-0.4, -0.2) is 52.5 Å². The number of carbonyl (C=O) groups is 1. The Morgan fingerprint density at radius 2 is 1.88 bits per heavy atom. The number of phenolic OH excluding ortho intramolecular Hbond substituents is 1. The van der Waals surface area contributed by atoms with Crippen LogP contribution in [0.4, 0.5) is 5.69 Å². The van der Waals surface area contributed by atoms with Crippen molar-refractivity contribution < 1.29 is 19.6 Å². The number of nitrogens with zero attached hydrogens (tertiary/aromatic N) is 1. The van der Waals surface area contributed by atoms with Crippen LogP contribution in [0.1, 0.15) is 13.8 Å². The van der Waals surface area contributed by atoms with Gasteiger partial charge in [-0.1, -0.05) is 0 Å². The minimum absolute atomic E-state index is 0. The Morgan fingerprint density at radius 3 is 2.18 bits per heavy atom. The van der Waals surface area contributed by atoms with E-state index in [2.05, 4.69) is 0 Å². The molecule has 0 saturated carbocycles. The fourth-order valence-electron chi connectivity index (χ4n) is 0.792. The molecule has 1 rings (SSSR count). The number of rotatable bonds is 2. The number of nitro groups is 1. The van der Waals surface area contributed by atoms with Crippen LogP contribution in [0.15, 0.2) is 18.2 Å². The van der Waals surface area contributed by atoms with Gasteiger partial charge in [-0.15, -0.1) is 0 Å². The molecule has 0 heterocycles. The van der Waals surface area contributed by atoms with Crippen molar-refractivity contribution >= 4 is 41.0 Å². The van der Waals surface area contributed by atoms with E-state index in [-0.39, 0.29) is 52.5 Å². The number of carbonyl (C=O) groups excluding carboxylic acids is 1. The predicted octanol–water partition coefficient (Wildman–Crippen LogP) is 1.26. The van der Waals surface area contributed by atoms with E-state index in [1.165, 1.54) is 33.1 Å². The van der Waals surface area contributed by atoms with Crippen LogP contribution < -0.4 is 4.74 Å². The van der Waals surface area contributed by atoms with Gasteiger partial charge >= 0.3 is 29.6 Å². The van der Waals surface area contributed by atoms with Crippen molar-refractivity contribution in [3.8, 4) is 11.5 Å². The van der Waals surface area contributed by atoms with E-state index in [1.807, 2.05) is 0 Å². The molecule has 17 heavy (non-hydrogen) atoms. The summed E-state index contributed by atoms with van der Waals surface area (Å²) < 4.78 is 4.71. The molecule has 0 radical (unpaired) electrons. The van der Waals surface area contributed by atoms with Crippen molar-refractivity contribution in [3.05, 3.63) is 28.3 Å². The second kappa shape index (κ2) is 8.98. The third kappa shape index (κ3) is 7.73. The average molecular weight is 251 g/mol. The summed E-state index contributed by atoms with van der Waals surface area (Å²) in [6.07, 6.45) is 0. The summed E-state index contributed by atoms with van der Waals surface area (Å²) in [7, 11) is 1.38. The fraction of sp³-hybridized carbons (Fsp3) is 0.300. The Morgan fingerprint density at radius 1 is 1.41 bits per heavy atom. The number of aromatic hydroxyl groups is 1. The van der Waals surface area contributed by atoms with Gasteiger partial charge in [-0.25, -0.2) is 0 Å². The predicted molar refractivity (Wildman–Crippen MR) is 64.8 cm³/mol. The normalized spacial score (nSPS) is 8.18. The molecule has 1 aromatic carbocycles. The summed E-state index contributed by atoms with van der Waals surface area (Å²) in [4.78, 5) is 19.1. The quantitative estimate of drug-likeness (QED) is 0.485. The molecule has 0 amide bonds. The molecule has 0 bridgehead atoms. The number of Topliss-reactive ketones (excluding diaryl/α,β-unsaturated/α-hetero) is 1. The van der Waals surface area contributed by atoms with Crippen molar-refractivity contribution in [2.24, 2.45) is 0 Å². The molecule has 90 valence electrons. The molecule has 1 aromatic rings. The van der Waals surface area contributed by atoms with Gasteiger partial charge < -0.3 is 14.6 Å². The van der Waals surface area contributed by atoms with Crippen molar-refractivity contribution in [2.45, 2.75) is 13.8 Å². The number of non-ortho nitro benzene ring substituents is 1. The molecule has 0 fully saturated rings. The molecule has 0 unspecified atom stereocenters. The molecule has 7 heteroatoms. The van der Waals surface area contributed by atoms with E-state index in [9.17, 15) is 14.9 Å². The van der Waals surface area contributed by atoms with E-state index >= 15 is 0 Å². The van der Waals surface area contributed by atoms with Gasteiger partial charge in [0.25, 0.3) is 5.69 Å². The molecule has 0 atom stereocenters. The zero-order chi connectivity index (χ0) is 12.7. The van der Waals surface area contributed by atoms with Gasteiger partial charge in [0, 0.05) is 6.07 Å². The van der Waals surface area contributed by atoms with Crippen molar-refractivity contribution in [3.63, 3.8) is 0 Å². The molecule has 0 aliphatic heterocycles. The van der Waals surface area contributed by atoms with E-state index < -0.39 is 4.92 Å². The Balaban J connectivity index is 0. The zero-order valence-corrected chi connectivity index (χ0v) is 9.26. The Bertz CT molecular complexity index is 390. The third-order valence-electron chi connectivity index (χ3n) is 1.37. The second-order valence-corrected chi connectivity index (χ2v) is 3.02. The first-order chi connectivity index (χ1) is 7.38. The van der Waals surface area contributed by atoms with Gasteiger partial charge in [0.15, 0.2) is 11.5 Å². The Hall–Kier alpha value is -1.11. The number of phenols is 1. The first kappa shape index (κ1) is 18.3. The fourth-order valence-corrected chi connectivity index (χ4v) is 0.792. The van der Waals surface area contributed by atoms with E-state index in [0.29, 0.717) is 0 Å². The molecule has 0 saturated heterocycles. The molecule has 1 N–H and O–H groups in total. The summed E-state index contributed by atoms with van der Waals surface area (Å²) >= 11 is 0. The summed E-state index contributed by atoms with van der Waals surface area (Å²) in [5.41, 5.74) is -0.159. The maximum atomic E-state index is 10.2. The second-order valence-electron chi connectivity index (χ2n) is 3.02. The topological polar surface area (TPSA) is 89.7 Å². The van der Waals surface area contributed by atoms with Gasteiger partial charge in [0.05, 0.1) is 18.1 Å². The number of methoxy groups -OCH3 is 1. The van der Waals surface area contributed by atoms with Gasteiger partial charge in [-0.05, 0) is 19.9 Å². The average Bonchev–Trinajstić information content (AvgIpc) is 2.16. The van der Waals surface area contributed by atoms with Crippen LogP contribution in [0.2, 0.25) is 0 Å². The van der Waals surface area contributed by atoms with Crippen LogP contribution in [0.5, 0.6) is 11.5 Å². The zero-order valence-electron chi connectivity index (χ0n) is 9.26. The number of hydrogen-bond donors (Lipinski definition) is 1. The molecule has 0 aromatic heterocycles. The Kier molecular flexibility index (Phi) is 9.64. The van der Waals surface area contributed by atoms with E-state index in [1.54, 1.807) is 0 Å². The number of nitro benzene ring substituents is 1. The van der Waals surface area contributed by atoms with Gasteiger partial charge in [0.1, 0.15) is 5.78 Å². The van der Waals surface area contributed by atoms with Gasteiger partial charge in [0.2, 0.25) is 0 Å². The Labute approximate surface area is 121 Å². The standard InChI is InChI=1S/C7H7NO4.C3H6O.Na.H/c1-12-7-3-2-5(8(10)11)4-6(7)9;1-3(2)4;;/h2-4,9H,1H3;1-2H3;;. The van der Waals surface area contributed by atoms with Crippen molar-refractivity contribution in [1.82, 2.24) is 0 Å². The van der Waals surface area contributed by atoms with E-state index in [0.717, 1.165) is 6.07 Å². The first-order valence-corrected chi connectivity index (χ1v) is 4.37. The summed E-state index contributed by atoms with van der Waals surface area (Å²) in [6, 6.07) is 3.64. The number of ketones is 1. The summed E-state index contributed by atoms with van der Waals surface area (Å²) in [5, 5.41) is 19.3. The molecule has 0 aliphatic rings. The number of hydrogen-bond acceptors (Lipinski definition) is 5.